The number of para-hydroxylation sites is 12. The quantitative estimate of drug-likeness (QED) is 0.159. The van der Waals surface area contributed by atoms with Crippen LogP contribution in [0.1, 0.15) is 0 Å². The lowest BCUT2D eigenvalue weighted by Crippen LogP contribution is -2.04. The van der Waals surface area contributed by atoms with E-state index in [1.54, 1.807) is 0 Å². The Morgan fingerprint density at radius 3 is 1.00 bits per heavy atom. The summed E-state index contributed by atoms with van der Waals surface area (Å²) in [5, 5.41) is 4.75. The number of benzene rings is 10. The van der Waals surface area contributed by atoms with Gasteiger partial charge in [0.25, 0.3) is 0 Å². The molecule has 0 radical (unpaired) electrons. The minimum atomic E-state index is 0.826. The maximum absolute atomic E-state index is 5.44. The van der Waals surface area contributed by atoms with Crippen LogP contribution in [-0.4, -0.2) is 47.0 Å². The van der Waals surface area contributed by atoms with Gasteiger partial charge in [0.05, 0.1) is 101 Å². The minimum Gasteiger partial charge on any atom is -0.309 e. The van der Waals surface area contributed by atoms with Crippen LogP contribution in [0, 0.1) is 0 Å². The number of pyridine rings is 2. The summed E-state index contributed by atoms with van der Waals surface area (Å²) in [6.45, 7) is 0. The van der Waals surface area contributed by atoms with Gasteiger partial charge in [-0.1, -0.05) is 146 Å². The highest BCUT2D eigenvalue weighted by atomic mass is 15.2. The van der Waals surface area contributed by atoms with Crippen LogP contribution in [0.4, 0.5) is 0 Å². The molecule has 0 aliphatic carbocycles. The summed E-state index contributed by atoms with van der Waals surface area (Å²) < 4.78 is 14.0. The van der Waals surface area contributed by atoms with Crippen molar-refractivity contribution in [2.24, 2.45) is 0 Å². The van der Waals surface area contributed by atoms with E-state index in [2.05, 4.69) is 270 Å². The molecule has 10 heteroatoms. The van der Waals surface area contributed by atoms with Crippen LogP contribution in [0.5, 0.6) is 0 Å². The molecule has 0 saturated heterocycles. The van der Waals surface area contributed by atoms with Crippen LogP contribution in [0.15, 0.2) is 267 Å². The van der Waals surface area contributed by atoms with Crippen molar-refractivity contribution in [3.8, 4) is 56.1 Å². The highest BCUT2D eigenvalue weighted by Crippen LogP contribution is 2.45. The first-order valence-electron chi connectivity index (χ1n) is 27.6. The Hall–Kier alpha value is -11.4. The number of imidazole rings is 4. The maximum atomic E-state index is 5.44. The average molecular weight is 1050 g/mol. The summed E-state index contributed by atoms with van der Waals surface area (Å²) in [5.41, 5.74) is 22.8. The molecule has 0 saturated carbocycles. The van der Waals surface area contributed by atoms with Crippen LogP contribution in [0.2, 0.25) is 0 Å². The van der Waals surface area contributed by atoms with Gasteiger partial charge in [-0.3, -0.25) is 27.9 Å². The van der Waals surface area contributed by atoms with Crippen molar-refractivity contribution in [2.45, 2.75) is 0 Å². The SMILES string of the molecule is c1ccc2c(c1)nc1n(-c3cnccc3-c3ccc(-c4ccc(-c5ccncc5-n5c6ccccc6c6ccccc65)c(-n5c6ccccc6n6c7ccccc7nc56)c4)cc3-n3c4ccccc4c4ccccc43)c3ccccc3n21. The molecule has 0 bridgehead atoms. The Bertz CT molecular complexity index is 5580. The largest absolute Gasteiger partial charge is 0.309 e. The normalized spacial score (nSPS) is 12.1. The second-order valence-electron chi connectivity index (χ2n) is 21.1. The number of rotatable bonds is 7. The molecule has 0 spiro atoms. The van der Waals surface area contributed by atoms with Gasteiger partial charge in [0, 0.05) is 56.2 Å². The molecule has 0 fully saturated rings. The number of hydrogen-bond acceptors (Lipinski definition) is 4. The smallest absolute Gasteiger partial charge is 0.220 e. The Morgan fingerprint density at radius 1 is 0.244 bits per heavy atom. The summed E-state index contributed by atoms with van der Waals surface area (Å²) >= 11 is 0. The zero-order valence-corrected chi connectivity index (χ0v) is 43.9. The van der Waals surface area contributed by atoms with E-state index in [-0.39, 0.29) is 0 Å². The molecule has 0 aliphatic heterocycles. The van der Waals surface area contributed by atoms with E-state index in [9.17, 15) is 0 Å². The third-order valence-electron chi connectivity index (χ3n) is 16.8. The second-order valence-corrected chi connectivity index (χ2v) is 21.1. The van der Waals surface area contributed by atoms with Gasteiger partial charge in [0.15, 0.2) is 0 Å². The van der Waals surface area contributed by atoms with Crippen molar-refractivity contribution in [1.82, 2.24) is 47.0 Å². The Balaban J connectivity index is 0.923. The molecule has 0 N–H and O–H groups in total. The molecule has 382 valence electrons. The summed E-state index contributed by atoms with van der Waals surface area (Å²) in [6.07, 6.45) is 7.83. The number of fused-ring (bicyclic) bond motifs is 16. The van der Waals surface area contributed by atoms with Crippen LogP contribution in [0.25, 0.3) is 155 Å². The standard InChI is InChI=1S/C72H44N10/c1-7-23-57-47(17-1)48-18-2-8-24-58(48)77(57)67-41-45(33-35-51(67)54-38-40-74-44-70(54)82-66-32-16-14-30-64(66)80-62-28-12-6-22-56(62)76-72(80)82)46-34-36-52(53-37-39-73-43-69(53)78-59-25-9-3-19-49(59)50-20-4-10-26-60(50)78)68(42-46)81-65-31-15-13-29-63(65)79-61-27-11-5-21-55(61)75-71(79)81/h1-44H. The molecular weight excluding hydrogens is 1000 g/mol. The predicted octanol–water partition coefficient (Wildman–Crippen LogP) is 17.2. The molecule has 10 aromatic carbocycles. The van der Waals surface area contributed by atoms with Crippen LogP contribution in [0.3, 0.4) is 0 Å². The van der Waals surface area contributed by atoms with Gasteiger partial charge in [-0.25, -0.2) is 9.97 Å². The molecule has 18 rings (SSSR count). The molecule has 8 aromatic heterocycles. The number of aromatic nitrogens is 10. The first-order valence-corrected chi connectivity index (χ1v) is 27.6. The predicted molar refractivity (Wildman–Crippen MR) is 333 cm³/mol. The van der Waals surface area contributed by atoms with Crippen LogP contribution >= 0.6 is 0 Å². The molecule has 0 atom stereocenters. The van der Waals surface area contributed by atoms with E-state index >= 15 is 0 Å². The van der Waals surface area contributed by atoms with Gasteiger partial charge in [-0.2, -0.15) is 0 Å². The third-order valence-corrected chi connectivity index (χ3v) is 16.8. The van der Waals surface area contributed by atoms with E-state index in [0.29, 0.717) is 0 Å². The highest BCUT2D eigenvalue weighted by Gasteiger charge is 2.26. The van der Waals surface area contributed by atoms with Crippen molar-refractivity contribution in [2.75, 3.05) is 0 Å². The zero-order valence-electron chi connectivity index (χ0n) is 43.9. The number of nitrogens with zero attached hydrogens (tertiary/aromatic N) is 10. The van der Waals surface area contributed by atoms with E-state index in [1.165, 1.54) is 21.5 Å². The molecular formula is C72H44N10. The first kappa shape index (κ1) is 44.6. The van der Waals surface area contributed by atoms with Gasteiger partial charge >= 0.3 is 0 Å². The van der Waals surface area contributed by atoms with Gasteiger partial charge in [-0.15, -0.1) is 0 Å². The highest BCUT2D eigenvalue weighted by molar-refractivity contribution is 6.11. The summed E-state index contributed by atoms with van der Waals surface area (Å²) in [5.74, 6) is 1.66. The Morgan fingerprint density at radius 2 is 0.561 bits per heavy atom. The molecule has 8 heterocycles. The fourth-order valence-electron chi connectivity index (χ4n) is 13.4. The molecule has 0 unspecified atom stereocenters. The maximum Gasteiger partial charge on any atom is 0.220 e. The summed E-state index contributed by atoms with van der Waals surface area (Å²) in [7, 11) is 0. The lowest BCUT2D eigenvalue weighted by Gasteiger charge is -2.20. The van der Waals surface area contributed by atoms with E-state index in [1.807, 2.05) is 24.8 Å². The lowest BCUT2D eigenvalue weighted by molar-refractivity contribution is 1.09. The monoisotopic (exact) mass is 1050 g/mol. The Kier molecular flexibility index (Phi) is 9.29. The number of hydrogen-bond donors (Lipinski definition) is 0. The second kappa shape index (κ2) is 17.1. The van der Waals surface area contributed by atoms with Crippen molar-refractivity contribution >= 4 is 99.3 Å². The van der Waals surface area contributed by atoms with Gasteiger partial charge < -0.3 is 9.13 Å². The summed E-state index contributed by atoms with van der Waals surface area (Å²) in [4.78, 5) is 20.4. The van der Waals surface area contributed by atoms with E-state index in [4.69, 9.17) is 19.9 Å². The van der Waals surface area contributed by atoms with Gasteiger partial charge in [-0.05, 0) is 108 Å². The summed E-state index contributed by atoms with van der Waals surface area (Å²) in [6, 6.07) is 87.1. The fourth-order valence-corrected chi connectivity index (χ4v) is 13.4. The van der Waals surface area contributed by atoms with Gasteiger partial charge in [0.1, 0.15) is 0 Å². The van der Waals surface area contributed by atoms with E-state index < -0.39 is 0 Å². The first-order chi connectivity index (χ1) is 40.7. The third kappa shape index (κ3) is 6.22. The van der Waals surface area contributed by atoms with Crippen LogP contribution < -0.4 is 0 Å². The lowest BCUT2D eigenvalue weighted by atomic mass is 9.94. The minimum absolute atomic E-state index is 0.826. The topological polar surface area (TPSA) is 80.1 Å². The Labute approximate surface area is 467 Å². The molecule has 18 aromatic rings. The molecule has 0 amide bonds. The average Bonchev–Trinajstić information content (AvgIpc) is 4.40. The van der Waals surface area contributed by atoms with Crippen LogP contribution in [-0.2, 0) is 0 Å². The van der Waals surface area contributed by atoms with Gasteiger partial charge in [0.2, 0.25) is 11.6 Å². The van der Waals surface area contributed by atoms with Crippen molar-refractivity contribution < 1.29 is 0 Å². The molecule has 10 nitrogen and oxygen atoms in total. The fraction of sp³-hybridized carbons (Fsp3) is 0. The molecule has 0 aliphatic rings. The van der Waals surface area contributed by atoms with Crippen molar-refractivity contribution in [3.05, 3.63) is 267 Å². The molecule has 82 heavy (non-hydrogen) atoms. The zero-order chi connectivity index (χ0) is 53.6. The van der Waals surface area contributed by atoms with Crippen molar-refractivity contribution in [3.63, 3.8) is 0 Å². The van der Waals surface area contributed by atoms with E-state index in [0.717, 1.165) is 134 Å². The van der Waals surface area contributed by atoms with Crippen molar-refractivity contribution in [1.29, 1.82) is 0 Å².